The molecule has 2 unspecified atom stereocenters. The van der Waals surface area contributed by atoms with Gasteiger partial charge in [0.05, 0.1) is 21.9 Å². The third-order valence-electron chi connectivity index (χ3n) is 3.94. The quantitative estimate of drug-likeness (QED) is 0.848. The smallest absolute Gasteiger partial charge is 0.109 e. The standard InChI is InChI=1S/C13H17IN4/c14-10-7-16-18(8-10)12-2-1-5-13(6-12,9-15)17-11-3-4-11/h7-8,11-12,17H,1-6H2. The van der Waals surface area contributed by atoms with Crippen LogP contribution in [0.3, 0.4) is 0 Å². The molecule has 0 bridgehead atoms. The molecule has 2 saturated carbocycles. The number of halogens is 1. The average molecular weight is 356 g/mol. The molecule has 1 aromatic rings. The summed E-state index contributed by atoms with van der Waals surface area (Å²) in [4.78, 5) is 0. The summed E-state index contributed by atoms with van der Waals surface area (Å²) in [7, 11) is 0. The van der Waals surface area contributed by atoms with Crippen LogP contribution in [0.2, 0.25) is 0 Å². The Labute approximate surface area is 121 Å². The number of hydrogen-bond acceptors (Lipinski definition) is 3. The summed E-state index contributed by atoms with van der Waals surface area (Å²) in [5, 5.41) is 17.5. The van der Waals surface area contributed by atoms with Gasteiger partial charge in [0, 0.05) is 18.7 Å². The fourth-order valence-electron chi connectivity index (χ4n) is 2.87. The van der Waals surface area contributed by atoms with Crippen molar-refractivity contribution in [1.82, 2.24) is 15.1 Å². The van der Waals surface area contributed by atoms with Gasteiger partial charge in [-0.25, -0.2) is 0 Å². The van der Waals surface area contributed by atoms with E-state index in [1.807, 2.05) is 10.9 Å². The first-order valence-corrected chi connectivity index (χ1v) is 7.67. The van der Waals surface area contributed by atoms with Gasteiger partial charge in [0.2, 0.25) is 0 Å². The highest BCUT2D eigenvalue weighted by Gasteiger charge is 2.41. The van der Waals surface area contributed by atoms with Gasteiger partial charge in [-0.05, 0) is 54.7 Å². The van der Waals surface area contributed by atoms with Crippen molar-refractivity contribution in [2.45, 2.75) is 56.1 Å². The first-order valence-electron chi connectivity index (χ1n) is 6.59. The number of nitrogens with one attached hydrogen (secondary N) is 1. The first kappa shape index (κ1) is 12.4. The van der Waals surface area contributed by atoms with Crippen LogP contribution < -0.4 is 5.32 Å². The van der Waals surface area contributed by atoms with Crippen LogP contribution in [0.25, 0.3) is 0 Å². The maximum absolute atomic E-state index is 9.54. The highest BCUT2D eigenvalue weighted by molar-refractivity contribution is 14.1. The Morgan fingerprint density at radius 1 is 1.50 bits per heavy atom. The van der Waals surface area contributed by atoms with Gasteiger partial charge in [-0.3, -0.25) is 10.00 Å². The van der Waals surface area contributed by atoms with E-state index in [0.29, 0.717) is 12.1 Å². The summed E-state index contributed by atoms with van der Waals surface area (Å²) in [5.41, 5.74) is -0.318. The normalized spacial score (nSPS) is 32.1. The van der Waals surface area contributed by atoms with Crippen LogP contribution in [-0.4, -0.2) is 21.4 Å². The van der Waals surface area contributed by atoms with Crippen molar-refractivity contribution in [1.29, 1.82) is 5.26 Å². The van der Waals surface area contributed by atoms with E-state index in [-0.39, 0.29) is 5.54 Å². The van der Waals surface area contributed by atoms with Crippen molar-refractivity contribution < 1.29 is 0 Å². The number of nitrogens with zero attached hydrogens (tertiary/aromatic N) is 3. The predicted molar refractivity (Wildman–Crippen MR) is 77.0 cm³/mol. The van der Waals surface area contributed by atoms with E-state index >= 15 is 0 Å². The highest BCUT2D eigenvalue weighted by Crippen LogP contribution is 2.37. The molecule has 2 aliphatic carbocycles. The van der Waals surface area contributed by atoms with Crippen LogP contribution in [-0.2, 0) is 0 Å². The fourth-order valence-corrected chi connectivity index (χ4v) is 3.28. The molecule has 0 amide bonds. The fraction of sp³-hybridized carbons (Fsp3) is 0.692. The largest absolute Gasteiger partial charge is 0.297 e. The van der Waals surface area contributed by atoms with E-state index in [2.05, 4.69) is 45.3 Å². The lowest BCUT2D eigenvalue weighted by Gasteiger charge is -2.36. The van der Waals surface area contributed by atoms with E-state index in [9.17, 15) is 5.26 Å². The molecule has 5 heteroatoms. The molecule has 0 radical (unpaired) electrons. The SMILES string of the molecule is N#CC1(NC2CC2)CCCC(n2cc(I)cn2)C1. The van der Waals surface area contributed by atoms with Gasteiger partial charge in [-0.15, -0.1) is 0 Å². The molecule has 1 aromatic heterocycles. The Bertz CT molecular complexity index is 474. The third-order valence-corrected chi connectivity index (χ3v) is 4.50. The molecule has 0 aliphatic heterocycles. The Morgan fingerprint density at radius 2 is 2.33 bits per heavy atom. The zero-order valence-electron chi connectivity index (χ0n) is 10.3. The number of aromatic nitrogens is 2. The van der Waals surface area contributed by atoms with Crippen molar-refractivity contribution in [3.63, 3.8) is 0 Å². The van der Waals surface area contributed by atoms with Gasteiger partial charge >= 0.3 is 0 Å². The van der Waals surface area contributed by atoms with Crippen molar-refractivity contribution in [2.75, 3.05) is 0 Å². The molecular weight excluding hydrogens is 339 g/mol. The zero-order chi connectivity index (χ0) is 12.6. The Morgan fingerprint density at radius 3 is 2.94 bits per heavy atom. The molecule has 2 fully saturated rings. The maximum atomic E-state index is 9.54. The van der Waals surface area contributed by atoms with Crippen LogP contribution in [0, 0.1) is 14.9 Å². The second kappa shape index (κ2) is 4.82. The molecule has 18 heavy (non-hydrogen) atoms. The predicted octanol–water partition coefficient (Wildman–Crippen LogP) is 2.62. The highest BCUT2D eigenvalue weighted by atomic mass is 127. The topological polar surface area (TPSA) is 53.6 Å². The second-order valence-electron chi connectivity index (χ2n) is 5.50. The van der Waals surface area contributed by atoms with Crippen LogP contribution >= 0.6 is 22.6 Å². The minimum Gasteiger partial charge on any atom is -0.297 e. The van der Waals surface area contributed by atoms with Crippen LogP contribution in [0.5, 0.6) is 0 Å². The number of hydrogen-bond donors (Lipinski definition) is 1. The van der Waals surface area contributed by atoms with Crippen molar-refractivity contribution in [2.24, 2.45) is 0 Å². The summed E-state index contributed by atoms with van der Waals surface area (Å²) >= 11 is 2.28. The van der Waals surface area contributed by atoms with Gasteiger partial charge in [-0.2, -0.15) is 10.4 Å². The van der Waals surface area contributed by atoms with Crippen molar-refractivity contribution in [3.8, 4) is 6.07 Å². The van der Waals surface area contributed by atoms with Gasteiger partial charge in [0.25, 0.3) is 0 Å². The Balaban J connectivity index is 1.75. The van der Waals surface area contributed by atoms with Crippen molar-refractivity contribution >= 4 is 22.6 Å². The van der Waals surface area contributed by atoms with Crippen LogP contribution in [0.15, 0.2) is 12.4 Å². The number of nitriles is 1. The minimum atomic E-state index is -0.318. The van der Waals surface area contributed by atoms with Crippen LogP contribution in [0.4, 0.5) is 0 Å². The van der Waals surface area contributed by atoms with Gasteiger partial charge in [0.15, 0.2) is 0 Å². The molecule has 1 N–H and O–H groups in total. The molecular formula is C13H17IN4. The van der Waals surface area contributed by atoms with E-state index in [0.717, 1.165) is 29.3 Å². The monoisotopic (exact) mass is 356 g/mol. The summed E-state index contributed by atoms with van der Waals surface area (Å²) in [6, 6.07) is 3.49. The third kappa shape index (κ3) is 2.54. The molecule has 2 aliphatic rings. The van der Waals surface area contributed by atoms with Gasteiger partial charge < -0.3 is 0 Å². The van der Waals surface area contributed by atoms with E-state index in [4.69, 9.17) is 0 Å². The first-order chi connectivity index (χ1) is 8.71. The Kier molecular flexibility index (Phi) is 3.32. The lowest BCUT2D eigenvalue weighted by molar-refractivity contribution is 0.218. The lowest BCUT2D eigenvalue weighted by atomic mass is 9.80. The van der Waals surface area contributed by atoms with E-state index in [1.54, 1.807) is 0 Å². The average Bonchev–Trinajstić information content (AvgIpc) is 3.08. The summed E-state index contributed by atoms with van der Waals surface area (Å²) in [6.45, 7) is 0. The van der Waals surface area contributed by atoms with Crippen LogP contribution in [0.1, 0.15) is 44.6 Å². The lowest BCUT2D eigenvalue weighted by Crippen LogP contribution is -2.49. The van der Waals surface area contributed by atoms with Gasteiger partial charge in [-0.1, -0.05) is 0 Å². The van der Waals surface area contributed by atoms with E-state index < -0.39 is 0 Å². The zero-order valence-corrected chi connectivity index (χ0v) is 12.4. The molecule has 3 rings (SSSR count). The van der Waals surface area contributed by atoms with Gasteiger partial charge in [0.1, 0.15) is 5.54 Å². The molecule has 0 aromatic carbocycles. The molecule has 0 spiro atoms. The molecule has 0 saturated heterocycles. The molecule has 2 atom stereocenters. The minimum absolute atomic E-state index is 0.318. The molecule has 1 heterocycles. The maximum Gasteiger partial charge on any atom is 0.109 e. The summed E-state index contributed by atoms with van der Waals surface area (Å²) in [5.74, 6) is 0. The van der Waals surface area contributed by atoms with E-state index in [1.165, 1.54) is 12.8 Å². The summed E-state index contributed by atoms with van der Waals surface area (Å²) < 4.78 is 3.21. The second-order valence-corrected chi connectivity index (χ2v) is 6.75. The Hall–Kier alpha value is -0.610. The summed E-state index contributed by atoms with van der Waals surface area (Å²) in [6.07, 6.45) is 10.5. The molecule has 96 valence electrons. The van der Waals surface area contributed by atoms with Crippen molar-refractivity contribution in [3.05, 3.63) is 16.0 Å². The number of rotatable bonds is 3. The molecule has 4 nitrogen and oxygen atoms in total.